The molecule has 0 aliphatic heterocycles. The van der Waals surface area contributed by atoms with Crippen molar-refractivity contribution in [3.63, 3.8) is 0 Å². The number of aromatic nitrogens is 4. The molecule has 0 aliphatic rings. The summed E-state index contributed by atoms with van der Waals surface area (Å²) in [6.07, 6.45) is 1.43. The normalized spacial score (nSPS) is 10.7. The Morgan fingerprint density at radius 1 is 1.19 bits per heavy atom. The zero-order chi connectivity index (χ0) is 14.7. The lowest BCUT2D eigenvalue weighted by atomic mass is 10.0. The van der Waals surface area contributed by atoms with Gasteiger partial charge in [-0.15, -0.1) is 5.10 Å². The Labute approximate surface area is 122 Å². The second-order valence-corrected chi connectivity index (χ2v) is 4.90. The minimum absolute atomic E-state index is 0.0322. The van der Waals surface area contributed by atoms with Crippen molar-refractivity contribution in [2.45, 2.75) is 13.1 Å². The van der Waals surface area contributed by atoms with Gasteiger partial charge in [-0.1, -0.05) is 42.5 Å². The van der Waals surface area contributed by atoms with Crippen LogP contribution in [0.1, 0.15) is 5.56 Å². The van der Waals surface area contributed by atoms with Gasteiger partial charge in [-0.05, 0) is 26.8 Å². The van der Waals surface area contributed by atoms with Crippen molar-refractivity contribution >= 4 is 16.7 Å². The van der Waals surface area contributed by atoms with Crippen molar-refractivity contribution < 1.29 is 4.79 Å². The minimum Gasteiger partial charge on any atom is -0.340 e. The van der Waals surface area contributed by atoms with Crippen LogP contribution in [0.15, 0.2) is 48.8 Å². The Hall–Kier alpha value is -2.76. The Balaban J connectivity index is 1.77. The summed E-state index contributed by atoms with van der Waals surface area (Å²) in [5.41, 5.74) is 1.13. The van der Waals surface area contributed by atoms with E-state index in [4.69, 9.17) is 0 Å². The number of carbonyl (C=O) groups excluding carboxylic acids is 1. The van der Waals surface area contributed by atoms with Crippen LogP contribution in [0.5, 0.6) is 0 Å². The van der Waals surface area contributed by atoms with Gasteiger partial charge in [-0.25, -0.2) is 4.68 Å². The molecule has 0 N–H and O–H groups in total. The third-order valence-electron chi connectivity index (χ3n) is 3.40. The molecule has 0 unspecified atom stereocenters. The number of hydrogen-bond donors (Lipinski definition) is 0. The molecular weight excluding hydrogens is 266 g/mol. The quantitative estimate of drug-likeness (QED) is 0.726. The standard InChI is InChI=1S/C15H15N5O/c1-19(15(21)10-20-11-16-17-18-20)9-13-7-4-6-12-5-2-3-8-14(12)13/h2-8,11H,9-10H2,1H3. The highest BCUT2D eigenvalue weighted by atomic mass is 16.2. The van der Waals surface area contributed by atoms with Crippen LogP contribution in [0, 0.1) is 0 Å². The molecule has 0 saturated carbocycles. The SMILES string of the molecule is CN(Cc1cccc2ccccc12)C(=O)Cn1cnnn1. The molecule has 2 aromatic carbocycles. The average molecular weight is 281 g/mol. The second-order valence-electron chi connectivity index (χ2n) is 4.90. The summed E-state index contributed by atoms with van der Waals surface area (Å²) in [7, 11) is 1.79. The summed E-state index contributed by atoms with van der Waals surface area (Å²) >= 11 is 0. The zero-order valence-corrected chi connectivity index (χ0v) is 11.7. The van der Waals surface area contributed by atoms with Gasteiger partial charge < -0.3 is 4.90 Å². The molecule has 1 aromatic heterocycles. The summed E-state index contributed by atoms with van der Waals surface area (Å²) in [5.74, 6) is -0.0322. The number of hydrogen-bond acceptors (Lipinski definition) is 4. The first-order valence-electron chi connectivity index (χ1n) is 6.65. The molecule has 0 radical (unpaired) electrons. The van der Waals surface area contributed by atoms with Crippen LogP contribution in [0.25, 0.3) is 10.8 Å². The van der Waals surface area contributed by atoms with Gasteiger partial charge in [0.05, 0.1) is 0 Å². The van der Waals surface area contributed by atoms with Crippen LogP contribution >= 0.6 is 0 Å². The van der Waals surface area contributed by atoms with Crippen molar-refractivity contribution in [1.82, 2.24) is 25.1 Å². The van der Waals surface area contributed by atoms with Gasteiger partial charge in [0.1, 0.15) is 12.9 Å². The first-order chi connectivity index (χ1) is 10.2. The predicted octanol–water partition coefficient (Wildman–Crippen LogP) is 1.48. The van der Waals surface area contributed by atoms with Gasteiger partial charge in [-0.3, -0.25) is 4.79 Å². The van der Waals surface area contributed by atoms with E-state index < -0.39 is 0 Å². The molecule has 6 heteroatoms. The highest BCUT2D eigenvalue weighted by Crippen LogP contribution is 2.19. The lowest BCUT2D eigenvalue weighted by molar-refractivity contribution is -0.131. The lowest BCUT2D eigenvalue weighted by Gasteiger charge is -2.18. The molecule has 0 atom stereocenters. The van der Waals surface area contributed by atoms with Crippen molar-refractivity contribution in [2.75, 3.05) is 7.05 Å². The van der Waals surface area contributed by atoms with Gasteiger partial charge in [0, 0.05) is 13.6 Å². The van der Waals surface area contributed by atoms with Crippen LogP contribution < -0.4 is 0 Å². The molecule has 0 saturated heterocycles. The number of benzene rings is 2. The Morgan fingerprint density at radius 3 is 2.81 bits per heavy atom. The summed E-state index contributed by atoms with van der Waals surface area (Å²) < 4.78 is 1.42. The minimum atomic E-state index is -0.0322. The number of fused-ring (bicyclic) bond motifs is 1. The maximum absolute atomic E-state index is 12.2. The summed E-state index contributed by atoms with van der Waals surface area (Å²) in [4.78, 5) is 13.8. The molecule has 1 amide bonds. The highest BCUT2D eigenvalue weighted by molar-refractivity contribution is 5.86. The fraction of sp³-hybridized carbons (Fsp3) is 0.200. The van der Waals surface area contributed by atoms with Gasteiger partial charge in [-0.2, -0.15) is 0 Å². The summed E-state index contributed by atoms with van der Waals surface area (Å²) in [6, 6.07) is 14.3. The van der Waals surface area contributed by atoms with E-state index in [1.54, 1.807) is 11.9 Å². The van der Waals surface area contributed by atoms with Crippen LogP contribution in [-0.4, -0.2) is 38.1 Å². The molecule has 106 valence electrons. The molecule has 3 rings (SSSR count). The second kappa shape index (κ2) is 5.70. The van der Waals surface area contributed by atoms with Gasteiger partial charge in [0.15, 0.2) is 0 Å². The van der Waals surface area contributed by atoms with E-state index >= 15 is 0 Å². The molecule has 1 heterocycles. The van der Waals surface area contributed by atoms with Gasteiger partial charge >= 0.3 is 0 Å². The topological polar surface area (TPSA) is 63.9 Å². The fourth-order valence-electron chi connectivity index (χ4n) is 2.29. The van der Waals surface area contributed by atoms with Gasteiger partial charge in [0.2, 0.25) is 5.91 Å². The van der Waals surface area contributed by atoms with Gasteiger partial charge in [0.25, 0.3) is 0 Å². The van der Waals surface area contributed by atoms with Crippen LogP contribution in [0.4, 0.5) is 0 Å². The van der Waals surface area contributed by atoms with E-state index in [2.05, 4.69) is 33.7 Å². The largest absolute Gasteiger partial charge is 0.340 e. The van der Waals surface area contributed by atoms with E-state index in [-0.39, 0.29) is 12.5 Å². The third kappa shape index (κ3) is 2.89. The molecule has 3 aromatic rings. The molecule has 6 nitrogen and oxygen atoms in total. The van der Waals surface area contributed by atoms with E-state index in [0.29, 0.717) is 6.54 Å². The molecular formula is C15H15N5O. The van der Waals surface area contributed by atoms with Crippen molar-refractivity contribution in [3.8, 4) is 0 Å². The van der Waals surface area contributed by atoms with E-state index in [0.717, 1.165) is 5.56 Å². The Morgan fingerprint density at radius 2 is 2.00 bits per heavy atom. The molecule has 21 heavy (non-hydrogen) atoms. The monoisotopic (exact) mass is 281 g/mol. The summed E-state index contributed by atoms with van der Waals surface area (Å²) in [5, 5.41) is 13.1. The van der Waals surface area contributed by atoms with E-state index in [1.165, 1.54) is 21.8 Å². The van der Waals surface area contributed by atoms with E-state index in [9.17, 15) is 4.79 Å². The molecule has 0 spiro atoms. The number of nitrogens with zero attached hydrogens (tertiary/aromatic N) is 5. The summed E-state index contributed by atoms with van der Waals surface area (Å²) in [6.45, 7) is 0.705. The third-order valence-corrected chi connectivity index (χ3v) is 3.40. The first-order valence-corrected chi connectivity index (χ1v) is 6.65. The van der Waals surface area contributed by atoms with Crippen molar-refractivity contribution in [3.05, 3.63) is 54.4 Å². The number of tetrazole rings is 1. The Kier molecular flexibility index (Phi) is 3.59. The van der Waals surface area contributed by atoms with E-state index in [1.807, 2.05) is 24.3 Å². The fourth-order valence-corrected chi connectivity index (χ4v) is 2.29. The average Bonchev–Trinajstić information content (AvgIpc) is 3.00. The Bertz CT molecular complexity index is 748. The molecule has 0 fully saturated rings. The maximum atomic E-state index is 12.2. The van der Waals surface area contributed by atoms with Crippen molar-refractivity contribution in [1.29, 1.82) is 0 Å². The van der Waals surface area contributed by atoms with Crippen LogP contribution in [0.2, 0.25) is 0 Å². The number of carbonyl (C=O) groups is 1. The van der Waals surface area contributed by atoms with Crippen LogP contribution in [0.3, 0.4) is 0 Å². The molecule has 0 aliphatic carbocycles. The molecule has 0 bridgehead atoms. The highest BCUT2D eigenvalue weighted by Gasteiger charge is 2.12. The first kappa shape index (κ1) is 13.2. The lowest BCUT2D eigenvalue weighted by Crippen LogP contribution is -2.30. The van der Waals surface area contributed by atoms with Crippen LogP contribution in [-0.2, 0) is 17.9 Å². The van der Waals surface area contributed by atoms with Crippen molar-refractivity contribution in [2.24, 2.45) is 0 Å². The smallest absolute Gasteiger partial charge is 0.244 e. The predicted molar refractivity (Wildman–Crippen MR) is 78.2 cm³/mol. The number of amides is 1. The number of rotatable bonds is 4. The maximum Gasteiger partial charge on any atom is 0.244 e. The zero-order valence-electron chi connectivity index (χ0n) is 11.7. The number of likely N-dealkylation sites (N-methyl/N-ethyl adjacent to an activating group) is 1.